The number of carboxylic acids is 1. The molecule has 0 aromatic carbocycles. The smallest absolute Gasteiger partial charge is 0.346 e. The van der Waals surface area contributed by atoms with Crippen molar-refractivity contribution in [3.05, 3.63) is 40.3 Å². The van der Waals surface area contributed by atoms with Gasteiger partial charge in [-0.15, -0.1) is 11.3 Å². The van der Waals surface area contributed by atoms with Crippen molar-refractivity contribution in [1.29, 1.82) is 5.26 Å². The van der Waals surface area contributed by atoms with Gasteiger partial charge in [-0.3, -0.25) is 4.98 Å². The lowest BCUT2D eigenvalue weighted by Gasteiger charge is -1.99. The van der Waals surface area contributed by atoms with Crippen LogP contribution >= 0.6 is 11.3 Å². The summed E-state index contributed by atoms with van der Waals surface area (Å²) in [6.45, 7) is 0. The van der Waals surface area contributed by atoms with Gasteiger partial charge in [0.1, 0.15) is 10.9 Å². The number of carboxylic acid groups (broad SMARTS) is 1. The van der Waals surface area contributed by atoms with Crippen LogP contribution in [0.4, 0.5) is 0 Å². The predicted octanol–water partition coefficient (Wildman–Crippen LogP) is 2.38. The third kappa shape index (κ3) is 1.78. The lowest BCUT2D eigenvalue weighted by molar-refractivity contribution is 0.0703. The molecule has 0 atom stereocenters. The van der Waals surface area contributed by atoms with Crippen molar-refractivity contribution in [2.75, 3.05) is 0 Å². The van der Waals surface area contributed by atoms with Gasteiger partial charge < -0.3 is 5.11 Å². The molecule has 0 amide bonds. The van der Waals surface area contributed by atoms with E-state index >= 15 is 0 Å². The minimum atomic E-state index is -0.965. The number of aromatic carboxylic acids is 1. The van der Waals surface area contributed by atoms with E-state index < -0.39 is 5.97 Å². The Balaban J connectivity index is 2.55. The number of hydrogen-bond donors (Lipinski definition) is 1. The molecule has 0 unspecified atom stereocenters. The molecule has 0 radical (unpaired) electrons. The number of nitrogens with zero attached hydrogens (tertiary/aromatic N) is 2. The Labute approximate surface area is 95.4 Å². The Morgan fingerprint density at radius 2 is 2.31 bits per heavy atom. The summed E-state index contributed by atoms with van der Waals surface area (Å²) >= 11 is 1.16. The first kappa shape index (κ1) is 10.3. The second-order valence-corrected chi connectivity index (χ2v) is 3.96. The molecule has 0 saturated heterocycles. The fraction of sp³-hybridized carbons (Fsp3) is 0. The molecule has 5 heteroatoms. The Morgan fingerprint density at radius 3 is 3.00 bits per heavy atom. The molecule has 0 aliphatic rings. The third-order valence-corrected chi connectivity index (χ3v) is 2.94. The van der Waals surface area contributed by atoms with Crippen LogP contribution in [0, 0.1) is 11.3 Å². The van der Waals surface area contributed by atoms with Gasteiger partial charge in [-0.1, -0.05) is 0 Å². The number of pyridine rings is 1. The quantitative estimate of drug-likeness (QED) is 0.859. The first-order valence-corrected chi connectivity index (χ1v) is 5.26. The van der Waals surface area contributed by atoms with Crippen LogP contribution in [0.2, 0.25) is 0 Å². The molecule has 2 rings (SSSR count). The molecule has 1 N–H and O–H groups in total. The van der Waals surface area contributed by atoms with Crippen LogP contribution in [0.15, 0.2) is 29.9 Å². The molecule has 2 aromatic rings. The van der Waals surface area contributed by atoms with E-state index in [9.17, 15) is 4.79 Å². The largest absolute Gasteiger partial charge is 0.477 e. The summed E-state index contributed by atoms with van der Waals surface area (Å²) in [4.78, 5) is 15.1. The van der Waals surface area contributed by atoms with E-state index in [1.54, 1.807) is 23.7 Å². The minimum absolute atomic E-state index is 0.261. The van der Waals surface area contributed by atoms with Gasteiger partial charge in [-0.25, -0.2) is 4.79 Å². The van der Waals surface area contributed by atoms with Gasteiger partial charge in [-0.05, 0) is 17.5 Å². The zero-order chi connectivity index (χ0) is 11.5. The summed E-state index contributed by atoms with van der Waals surface area (Å²) in [6.07, 6.45) is 2.99. The molecular weight excluding hydrogens is 224 g/mol. The molecule has 0 saturated carbocycles. The van der Waals surface area contributed by atoms with E-state index in [-0.39, 0.29) is 4.88 Å². The Bertz CT molecular complexity index is 584. The van der Waals surface area contributed by atoms with Crippen molar-refractivity contribution in [1.82, 2.24) is 4.98 Å². The van der Waals surface area contributed by atoms with Gasteiger partial charge >= 0.3 is 5.97 Å². The molecule has 2 aromatic heterocycles. The zero-order valence-corrected chi connectivity index (χ0v) is 8.86. The first-order valence-electron chi connectivity index (χ1n) is 4.38. The molecule has 16 heavy (non-hydrogen) atoms. The lowest BCUT2D eigenvalue weighted by atomic mass is 10.1. The maximum Gasteiger partial charge on any atom is 0.346 e. The number of rotatable bonds is 2. The van der Waals surface area contributed by atoms with Crippen LogP contribution in [0.25, 0.3) is 11.1 Å². The van der Waals surface area contributed by atoms with Crippen LogP contribution in [0.1, 0.15) is 15.2 Å². The number of thiophene rings is 1. The third-order valence-electron chi connectivity index (χ3n) is 2.04. The Kier molecular flexibility index (Phi) is 2.66. The van der Waals surface area contributed by atoms with Gasteiger partial charge in [0.05, 0.1) is 5.56 Å². The summed E-state index contributed by atoms with van der Waals surface area (Å²) in [6, 6.07) is 5.31. The molecule has 2 heterocycles. The van der Waals surface area contributed by atoms with Crippen LogP contribution in [0.3, 0.4) is 0 Å². The summed E-state index contributed by atoms with van der Waals surface area (Å²) in [5.41, 5.74) is 1.67. The van der Waals surface area contributed by atoms with Crippen molar-refractivity contribution < 1.29 is 9.90 Å². The van der Waals surface area contributed by atoms with Gasteiger partial charge in [0, 0.05) is 23.5 Å². The minimum Gasteiger partial charge on any atom is -0.477 e. The van der Waals surface area contributed by atoms with E-state index in [4.69, 9.17) is 10.4 Å². The summed E-state index contributed by atoms with van der Waals surface area (Å²) in [5, 5.41) is 19.4. The van der Waals surface area contributed by atoms with Crippen LogP contribution in [-0.2, 0) is 0 Å². The predicted molar refractivity (Wildman–Crippen MR) is 59.2 cm³/mol. The van der Waals surface area contributed by atoms with E-state index in [0.29, 0.717) is 16.7 Å². The first-order chi connectivity index (χ1) is 7.72. The summed E-state index contributed by atoms with van der Waals surface area (Å²) < 4.78 is 0. The molecule has 78 valence electrons. The van der Waals surface area contributed by atoms with E-state index in [1.807, 2.05) is 6.07 Å². The average molecular weight is 230 g/mol. The van der Waals surface area contributed by atoms with Crippen molar-refractivity contribution in [3.8, 4) is 17.2 Å². The second kappa shape index (κ2) is 4.13. The van der Waals surface area contributed by atoms with Gasteiger partial charge in [0.25, 0.3) is 0 Å². The maximum absolute atomic E-state index is 10.9. The van der Waals surface area contributed by atoms with Crippen molar-refractivity contribution in [2.24, 2.45) is 0 Å². The maximum atomic E-state index is 10.9. The highest BCUT2D eigenvalue weighted by Crippen LogP contribution is 2.28. The zero-order valence-electron chi connectivity index (χ0n) is 8.04. The molecule has 0 bridgehead atoms. The van der Waals surface area contributed by atoms with E-state index in [0.717, 1.165) is 11.3 Å². The van der Waals surface area contributed by atoms with Crippen molar-refractivity contribution in [2.45, 2.75) is 0 Å². The van der Waals surface area contributed by atoms with E-state index in [1.165, 1.54) is 6.20 Å². The van der Waals surface area contributed by atoms with Crippen LogP contribution in [0.5, 0.6) is 0 Å². The normalized spacial score (nSPS) is 9.69. The van der Waals surface area contributed by atoms with Gasteiger partial charge in [-0.2, -0.15) is 5.26 Å². The fourth-order valence-corrected chi connectivity index (χ4v) is 2.10. The summed E-state index contributed by atoms with van der Waals surface area (Å²) in [7, 11) is 0. The molecule has 4 nitrogen and oxygen atoms in total. The highest BCUT2D eigenvalue weighted by Gasteiger charge is 2.13. The highest BCUT2D eigenvalue weighted by molar-refractivity contribution is 7.12. The average Bonchev–Trinajstić information content (AvgIpc) is 2.78. The molecular formula is C11H6N2O2S. The lowest BCUT2D eigenvalue weighted by Crippen LogP contribution is -1.94. The highest BCUT2D eigenvalue weighted by atomic mass is 32.1. The molecule has 0 fully saturated rings. The van der Waals surface area contributed by atoms with Crippen molar-refractivity contribution in [3.63, 3.8) is 0 Å². The monoisotopic (exact) mass is 230 g/mol. The molecule has 0 aliphatic carbocycles. The number of carbonyl (C=O) groups is 1. The SMILES string of the molecule is N#Cc1cncc(-c2ccsc2C(=O)O)c1. The number of nitriles is 1. The molecule has 0 spiro atoms. The van der Waals surface area contributed by atoms with Crippen LogP contribution in [-0.4, -0.2) is 16.1 Å². The standard InChI is InChI=1S/C11H6N2O2S/c12-4-7-3-8(6-13-5-7)9-1-2-16-10(9)11(14)15/h1-3,5-6H,(H,14,15). The number of hydrogen-bond acceptors (Lipinski definition) is 4. The van der Waals surface area contributed by atoms with Crippen molar-refractivity contribution >= 4 is 17.3 Å². The summed E-state index contributed by atoms with van der Waals surface area (Å²) in [5.74, 6) is -0.965. The van der Waals surface area contributed by atoms with Crippen LogP contribution < -0.4 is 0 Å². The second-order valence-electron chi connectivity index (χ2n) is 3.04. The topological polar surface area (TPSA) is 74.0 Å². The number of aromatic nitrogens is 1. The Hall–Kier alpha value is -2.19. The Morgan fingerprint density at radius 1 is 1.50 bits per heavy atom. The van der Waals surface area contributed by atoms with E-state index in [2.05, 4.69) is 4.98 Å². The molecule has 0 aliphatic heterocycles. The fourth-order valence-electron chi connectivity index (χ4n) is 1.35. The van der Waals surface area contributed by atoms with Gasteiger partial charge in [0.2, 0.25) is 0 Å². The van der Waals surface area contributed by atoms with Gasteiger partial charge in [0.15, 0.2) is 0 Å².